The summed E-state index contributed by atoms with van der Waals surface area (Å²) in [5.74, 6) is 6.25. The Morgan fingerprint density at radius 2 is 2.31 bits per heavy atom. The average molecular weight is 244 g/mol. The molecule has 0 saturated heterocycles. The van der Waals surface area contributed by atoms with E-state index in [2.05, 4.69) is 5.43 Å². The van der Waals surface area contributed by atoms with Crippen molar-refractivity contribution < 1.29 is 9.13 Å². The molecule has 0 spiro atoms. The van der Waals surface area contributed by atoms with Crippen molar-refractivity contribution in [3.63, 3.8) is 0 Å². The molecule has 0 aliphatic rings. The third-order valence-electron chi connectivity index (χ3n) is 2.30. The van der Waals surface area contributed by atoms with Crippen LogP contribution in [-0.2, 0) is 6.42 Å². The van der Waals surface area contributed by atoms with Crippen LogP contribution in [0.15, 0.2) is 18.2 Å². The van der Waals surface area contributed by atoms with Gasteiger partial charge in [-0.25, -0.2) is 4.39 Å². The fourth-order valence-electron chi connectivity index (χ4n) is 1.49. The van der Waals surface area contributed by atoms with E-state index in [9.17, 15) is 4.39 Å². The molecule has 0 radical (unpaired) electrons. The van der Waals surface area contributed by atoms with Crippen LogP contribution in [0.5, 0.6) is 5.75 Å². The number of hydrogen-bond donors (Lipinski definition) is 2. The maximum absolute atomic E-state index is 13.4. The van der Waals surface area contributed by atoms with Gasteiger partial charge >= 0.3 is 0 Å². The van der Waals surface area contributed by atoms with E-state index in [1.165, 1.54) is 13.2 Å². The van der Waals surface area contributed by atoms with Crippen LogP contribution >= 0.6 is 11.8 Å². The van der Waals surface area contributed by atoms with E-state index >= 15 is 0 Å². The van der Waals surface area contributed by atoms with E-state index in [1.807, 2.05) is 12.3 Å². The second kappa shape index (κ2) is 6.73. The van der Waals surface area contributed by atoms with Crippen molar-refractivity contribution in [3.8, 4) is 5.75 Å². The first-order chi connectivity index (χ1) is 7.71. The summed E-state index contributed by atoms with van der Waals surface area (Å²) in [6.07, 6.45) is 2.72. The van der Waals surface area contributed by atoms with Crippen LogP contribution in [0.3, 0.4) is 0 Å². The second-order valence-corrected chi connectivity index (χ2v) is 4.40. The Labute approximate surface area is 99.5 Å². The first kappa shape index (κ1) is 13.3. The first-order valence-electron chi connectivity index (χ1n) is 4.98. The number of thioether (sulfide) groups is 1. The number of nitrogens with one attached hydrogen (secondary N) is 1. The summed E-state index contributed by atoms with van der Waals surface area (Å²) in [6, 6.07) is 5.13. The zero-order chi connectivity index (χ0) is 12.0. The van der Waals surface area contributed by atoms with Gasteiger partial charge in [-0.3, -0.25) is 11.3 Å². The molecule has 1 atom stereocenters. The number of rotatable bonds is 6. The van der Waals surface area contributed by atoms with Crippen LogP contribution < -0.4 is 16.0 Å². The molecule has 1 aromatic rings. The SMILES string of the molecule is COc1ccc(CC(CSC)NN)cc1F. The molecule has 0 fully saturated rings. The molecule has 0 aromatic heterocycles. The van der Waals surface area contributed by atoms with Crippen molar-refractivity contribution in [2.24, 2.45) is 5.84 Å². The van der Waals surface area contributed by atoms with Crippen molar-refractivity contribution in [3.05, 3.63) is 29.6 Å². The van der Waals surface area contributed by atoms with Gasteiger partial charge in [-0.2, -0.15) is 11.8 Å². The van der Waals surface area contributed by atoms with Crippen molar-refractivity contribution in [2.75, 3.05) is 19.1 Å². The molecule has 0 aliphatic carbocycles. The quantitative estimate of drug-likeness (QED) is 0.589. The third kappa shape index (κ3) is 3.66. The molecular formula is C11H17FN2OS. The van der Waals surface area contributed by atoms with Gasteiger partial charge in [0.25, 0.3) is 0 Å². The Bertz CT molecular complexity index is 336. The first-order valence-corrected chi connectivity index (χ1v) is 6.38. The molecule has 3 nitrogen and oxygen atoms in total. The van der Waals surface area contributed by atoms with Gasteiger partial charge in [0, 0.05) is 11.8 Å². The largest absolute Gasteiger partial charge is 0.494 e. The number of benzene rings is 1. The monoisotopic (exact) mass is 244 g/mol. The lowest BCUT2D eigenvalue weighted by molar-refractivity contribution is 0.386. The average Bonchev–Trinajstić information content (AvgIpc) is 2.28. The molecular weight excluding hydrogens is 227 g/mol. The summed E-state index contributed by atoms with van der Waals surface area (Å²) in [5.41, 5.74) is 3.64. The highest BCUT2D eigenvalue weighted by atomic mass is 32.2. The van der Waals surface area contributed by atoms with E-state index in [-0.39, 0.29) is 17.6 Å². The molecule has 0 aliphatic heterocycles. The minimum Gasteiger partial charge on any atom is -0.494 e. The number of halogens is 1. The topological polar surface area (TPSA) is 47.3 Å². The van der Waals surface area contributed by atoms with E-state index < -0.39 is 0 Å². The highest BCUT2D eigenvalue weighted by molar-refractivity contribution is 7.98. The molecule has 0 amide bonds. The van der Waals surface area contributed by atoms with Gasteiger partial charge in [-0.05, 0) is 30.4 Å². The number of ether oxygens (including phenoxy) is 1. The van der Waals surface area contributed by atoms with Gasteiger partial charge in [-0.15, -0.1) is 0 Å². The Kier molecular flexibility index (Phi) is 5.59. The lowest BCUT2D eigenvalue weighted by atomic mass is 10.1. The Balaban J connectivity index is 2.69. The predicted molar refractivity (Wildman–Crippen MR) is 66.1 cm³/mol. The molecule has 0 saturated carbocycles. The molecule has 0 bridgehead atoms. The van der Waals surface area contributed by atoms with Gasteiger partial charge < -0.3 is 4.74 Å². The summed E-state index contributed by atoms with van der Waals surface area (Å²) in [6.45, 7) is 0. The van der Waals surface area contributed by atoms with Crippen LogP contribution in [0, 0.1) is 5.82 Å². The van der Waals surface area contributed by atoms with Crippen molar-refractivity contribution in [2.45, 2.75) is 12.5 Å². The fraction of sp³-hybridized carbons (Fsp3) is 0.455. The van der Waals surface area contributed by atoms with E-state index in [0.29, 0.717) is 6.42 Å². The molecule has 1 unspecified atom stereocenters. The Hall–Kier alpha value is -0.780. The van der Waals surface area contributed by atoms with Gasteiger partial charge in [-0.1, -0.05) is 6.07 Å². The zero-order valence-corrected chi connectivity index (χ0v) is 10.3. The molecule has 90 valence electrons. The summed E-state index contributed by atoms with van der Waals surface area (Å²) >= 11 is 1.70. The predicted octanol–water partition coefficient (Wildman–Crippen LogP) is 1.57. The summed E-state index contributed by atoms with van der Waals surface area (Å²) in [4.78, 5) is 0. The number of nitrogens with two attached hydrogens (primary N) is 1. The molecule has 1 rings (SSSR count). The molecule has 0 heterocycles. The van der Waals surface area contributed by atoms with Gasteiger partial charge in [0.1, 0.15) is 0 Å². The van der Waals surface area contributed by atoms with Crippen molar-refractivity contribution in [1.82, 2.24) is 5.43 Å². The van der Waals surface area contributed by atoms with E-state index in [0.717, 1.165) is 11.3 Å². The van der Waals surface area contributed by atoms with E-state index in [1.54, 1.807) is 17.8 Å². The van der Waals surface area contributed by atoms with Crippen molar-refractivity contribution >= 4 is 11.8 Å². The van der Waals surface area contributed by atoms with Crippen LogP contribution in [0.4, 0.5) is 4.39 Å². The number of methoxy groups -OCH3 is 1. The second-order valence-electron chi connectivity index (χ2n) is 3.49. The third-order valence-corrected chi connectivity index (χ3v) is 3.04. The standard InChI is InChI=1S/C11H17FN2OS/c1-15-11-4-3-8(6-10(11)12)5-9(14-13)7-16-2/h3-4,6,9,14H,5,7,13H2,1-2H3. The highest BCUT2D eigenvalue weighted by Crippen LogP contribution is 2.18. The molecule has 16 heavy (non-hydrogen) atoms. The van der Waals surface area contributed by atoms with Gasteiger partial charge in [0.05, 0.1) is 7.11 Å². The minimum absolute atomic E-state index is 0.155. The normalized spacial score (nSPS) is 12.5. The Morgan fingerprint density at radius 3 is 2.81 bits per heavy atom. The lowest BCUT2D eigenvalue weighted by Crippen LogP contribution is -2.38. The van der Waals surface area contributed by atoms with Crippen LogP contribution in [0.2, 0.25) is 0 Å². The number of hydrazine groups is 1. The molecule has 5 heteroatoms. The maximum Gasteiger partial charge on any atom is 0.165 e. The molecule has 3 N–H and O–H groups in total. The smallest absolute Gasteiger partial charge is 0.165 e. The number of hydrogen-bond acceptors (Lipinski definition) is 4. The summed E-state index contributed by atoms with van der Waals surface area (Å²) in [7, 11) is 1.45. The van der Waals surface area contributed by atoms with Crippen LogP contribution in [0.1, 0.15) is 5.56 Å². The van der Waals surface area contributed by atoms with E-state index in [4.69, 9.17) is 10.6 Å². The summed E-state index contributed by atoms with van der Waals surface area (Å²) in [5, 5.41) is 0. The van der Waals surface area contributed by atoms with Crippen LogP contribution in [0.25, 0.3) is 0 Å². The maximum atomic E-state index is 13.4. The van der Waals surface area contributed by atoms with Gasteiger partial charge in [0.2, 0.25) is 0 Å². The zero-order valence-electron chi connectivity index (χ0n) is 9.50. The minimum atomic E-state index is -0.333. The van der Waals surface area contributed by atoms with Crippen LogP contribution in [-0.4, -0.2) is 25.2 Å². The highest BCUT2D eigenvalue weighted by Gasteiger charge is 2.09. The lowest BCUT2D eigenvalue weighted by Gasteiger charge is -2.14. The summed E-state index contributed by atoms with van der Waals surface area (Å²) < 4.78 is 18.3. The molecule has 1 aromatic carbocycles. The fourth-order valence-corrected chi connectivity index (χ4v) is 2.10. The van der Waals surface area contributed by atoms with Gasteiger partial charge in [0.15, 0.2) is 11.6 Å². The van der Waals surface area contributed by atoms with Crippen molar-refractivity contribution in [1.29, 1.82) is 0 Å². The Morgan fingerprint density at radius 1 is 1.56 bits per heavy atom.